The molecule has 1 amide bonds. The minimum Gasteiger partial charge on any atom is -0.481 e. The van der Waals surface area contributed by atoms with Crippen molar-refractivity contribution >= 4 is 23.4 Å². The summed E-state index contributed by atoms with van der Waals surface area (Å²) in [6.45, 7) is 5.40. The van der Waals surface area contributed by atoms with Gasteiger partial charge >= 0.3 is 18.4 Å². The molecule has 2 aliphatic heterocycles. The number of aromatic nitrogens is 3. The molecule has 10 nitrogen and oxygen atoms in total. The highest BCUT2D eigenvalue weighted by atomic mass is 19.4. The summed E-state index contributed by atoms with van der Waals surface area (Å²) in [6.07, 6.45) is -6.93. The van der Waals surface area contributed by atoms with E-state index in [1.54, 1.807) is 31.5 Å². The molecule has 0 N–H and O–H groups in total. The molecule has 47 heavy (non-hydrogen) atoms. The fraction of sp³-hybridized carbons (Fsp3) is 0.484. The van der Waals surface area contributed by atoms with Gasteiger partial charge in [-0.3, -0.25) is 4.90 Å². The molecule has 3 aromatic rings. The number of carbonyl (C=O) groups excluding carboxylic acids is 1. The molecule has 0 spiro atoms. The standard InChI is InChI=1S/C31H34F6N6O4/c1-4-22-15-25(27-24(6-7-26(40-27)45-3)43(22)29(44)47-5-2)42(28-38-16-23(17-39-28)41-8-10-46-11-9-41)18-19-12-20(30(32,33)34)14-21(13-19)31(35,36)37/h6-7,12-14,16-17,22,25H,4-5,8-11,15,18H2,1-3H3/t22-,25+/m1/s1. The van der Waals surface area contributed by atoms with E-state index in [1.165, 1.54) is 16.9 Å². The van der Waals surface area contributed by atoms with Gasteiger partial charge in [-0.25, -0.2) is 19.7 Å². The topological polar surface area (TPSA) is 93.1 Å². The second-order valence-electron chi connectivity index (χ2n) is 11.0. The van der Waals surface area contributed by atoms with E-state index in [1.807, 2.05) is 11.8 Å². The second kappa shape index (κ2) is 13.8. The number of hydrogen-bond acceptors (Lipinski definition) is 9. The SMILES string of the molecule is CCOC(=O)N1c2ccc(OC)nc2[C@@H](N(Cc2cc(C(F)(F)F)cc(C(F)(F)F)c2)c2ncc(N3CCOCC3)cn2)C[C@H]1CC. The summed E-state index contributed by atoms with van der Waals surface area (Å²) in [5.41, 5.74) is -1.80. The van der Waals surface area contributed by atoms with Crippen LogP contribution in [-0.4, -0.2) is 67.1 Å². The summed E-state index contributed by atoms with van der Waals surface area (Å²) in [7, 11) is 1.40. The van der Waals surface area contributed by atoms with Gasteiger partial charge in [-0.2, -0.15) is 26.3 Å². The maximum Gasteiger partial charge on any atom is 0.416 e. The van der Waals surface area contributed by atoms with E-state index in [-0.39, 0.29) is 36.5 Å². The van der Waals surface area contributed by atoms with Gasteiger partial charge in [0.15, 0.2) is 0 Å². The molecule has 16 heteroatoms. The largest absolute Gasteiger partial charge is 0.481 e. The average Bonchev–Trinajstić information content (AvgIpc) is 3.06. The summed E-state index contributed by atoms with van der Waals surface area (Å²) in [5, 5.41) is 0. The van der Waals surface area contributed by atoms with E-state index in [0.29, 0.717) is 61.9 Å². The lowest BCUT2D eigenvalue weighted by molar-refractivity contribution is -0.143. The maximum atomic E-state index is 13.8. The number of anilines is 3. The number of methoxy groups -OCH3 is 1. The molecule has 0 radical (unpaired) electrons. The fourth-order valence-corrected chi connectivity index (χ4v) is 5.82. The van der Waals surface area contributed by atoms with Gasteiger partial charge in [0.25, 0.3) is 0 Å². The number of hydrogen-bond donors (Lipinski definition) is 0. The number of amides is 1. The summed E-state index contributed by atoms with van der Waals surface area (Å²) in [4.78, 5) is 31.8. The smallest absolute Gasteiger partial charge is 0.416 e. The molecule has 1 fully saturated rings. The van der Waals surface area contributed by atoms with Crippen molar-refractivity contribution in [1.29, 1.82) is 0 Å². The van der Waals surface area contributed by atoms with E-state index >= 15 is 0 Å². The molecule has 254 valence electrons. The lowest BCUT2D eigenvalue weighted by atomic mass is 9.92. The summed E-state index contributed by atoms with van der Waals surface area (Å²) >= 11 is 0. The van der Waals surface area contributed by atoms with E-state index in [9.17, 15) is 31.1 Å². The zero-order valence-corrected chi connectivity index (χ0v) is 25.9. The van der Waals surface area contributed by atoms with Crippen molar-refractivity contribution in [3.05, 3.63) is 65.1 Å². The number of halogens is 6. The summed E-state index contributed by atoms with van der Waals surface area (Å²) in [5.74, 6) is 0.238. The number of pyridine rings is 1. The summed E-state index contributed by atoms with van der Waals surface area (Å²) < 4.78 is 99.1. The van der Waals surface area contributed by atoms with Crippen LogP contribution in [0.15, 0.2) is 42.7 Å². The van der Waals surface area contributed by atoms with Crippen LogP contribution in [0.1, 0.15) is 55.1 Å². The Hall–Kier alpha value is -4.34. The zero-order valence-electron chi connectivity index (χ0n) is 25.9. The number of benzene rings is 1. The Bertz CT molecular complexity index is 1520. The number of ether oxygens (including phenoxy) is 3. The predicted octanol–water partition coefficient (Wildman–Crippen LogP) is 6.65. The number of nitrogens with zero attached hydrogens (tertiary/aromatic N) is 6. The molecule has 2 aromatic heterocycles. The number of morpholine rings is 1. The third kappa shape index (κ3) is 7.47. The van der Waals surface area contributed by atoms with Crippen molar-refractivity contribution in [2.24, 2.45) is 0 Å². The molecule has 0 unspecified atom stereocenters. The first-order chi connectivity index (χ1) is 22.3. The van der Waals surface area contributed by atoms with Crippen LogP contribution in [0, 0.1) is 0 Å². The van der Waals surface area contributed by atoms with E-state index in [2.05, 4.69) is 15.0 Å². The lowest BCUT2D eigenvalue weighted by Gasteiger charge is -2.43. The van der Waals surface area contributed by atoms with Gasteiger partial charge in [0.1, 0.15) is 0 Å². The molecular formula is C31H34F6N6O4. The van der Waals surface area contributed by atoms with Gasteiger partial charge < -0.3 is 24.0 Å². The molecular weight excluding hydrogens is 634 g/mol. The number of rotatable bonds is 8. The van der Waals surface area contributed by atoms with Crippen LogP contribution in [0.5, 0.6) is 5.88 Å². The Morgan fingerprint density at radius 2 is 1.64 bits per heavy atom. The quantitative estimate of drug-likeness (QED) is 0.245. The second-order valence-corrected chi connectivity index (χ2v) is 11.0. The van der Waals surface area contributed by atoms with Crippen LogP contribution in [0.4, 0.5) is 48.5 Å². The molecule has 4 heterocycles. The predicted molar refractivity (Wildman–Crippen MR) is 159 cm³/mol. The molecule has 0 aliphatic carbocycles. The Balaban J connectivity index is 1.66. The third-order valence-corrected chi connectivity index (χ3v) is 8.09. The van der Waals surface area contributed by atoms with Crippen molar-refractivity contribution in [3.63, 3.8) is 0 Å². The monoisotopic (exact) mass is 668 g/mol. The first-order valence-corrected chi connectivity index (χ1v) is 15.0. The molecule has 1 saturated heterocycles. The molecule has 0 bridgehead atoms. The molecule has 5 rings (SSSR count). The molecule has 2 aliphatic rings. The van der Waals surface area contributed by atoms with Crippen molar-refractivity contribution in [2.45, 2.75) is 57.7 Å². The van der Waals surface area contributed by atoms with Gasteiger partial charge in [0, 0.05) is 31.7 Å². The van der Waals surface area contributed by atoms with Crippen molar-refractivity contribution < 1.29 is 45.3 Å². The van der Waals surface area contributed by atoms with Gasteiger partial charge in [-0.1, -0.05) is 6.92 Å². The van der Waals surface area contributed by atoms with Crippen molar-refractivity contribution in [1.82, 2.24) is 15.0 Å². The van der Waals surface area contributed by atoms with Crippen molar-refractivity contribution in [2.75, 3.05) is 54.7 Å². The van der Waals surface area contributed by atoms with Crippen LogP contribution in [0.25, 0.3) is 0 Å². The maximum absolute atomic E-state index is 13.8. The van der Waals surface area contributed by atoms with Crippen LogP contribution in [0.3, 0.4) is 0 Å². The van der Waals surface area contributed by atoms with Gasteiger partial charge in [0.2, 0.25) is 11.8 Å². The summed E-state index contributed by atoms with van der Waals surface area (Å²) in [6, 6.07) is 3.39. The molecule has 1 aromatic carbocycles. The minimum absolute atomic E-state index is 0.0491. The van der Waals surface area contributed by atoms with Crippen LogP contribution >= 0.6 is 0 Å². The lowest BCUT2D eigenvalue weighted by Crippen LogP contribution is -2.48. The van der Waals surface area contributed by atoms with Gasteiger partial charge in [-0.05, 0) is 49.6 Å². The highest BCUT2D eigenvalue weighted by molar-refractivity contribution is 5.90. The number of fused-ring (bicyclic) bond motifs is 1. The normalized spacial score (nSPS) is 18.5. The minimum atomic E-state index is -5.03. The van der Waals surface area contributed by atoms with Crippen LogP contribution in [-0.2, 0) is 28.4 Å². The third-order valence-electron chi connectivity index (χ3n) is 8.09. The van der Waals surface area contributed by atoms with Gasteiger partial charge in [0.05, 0.1) is 73.6 Å². The zero-order chi connectivity index (χ0) is 33.9. The number of alkyl halides is 6. The van der Waals surface area contributed by atoms with Crippen molar-refractivity contribution in [3.8, 4) is 5.88 Å². The first kappa shape index (κ1) is 34.0. The Morgan fingerprint density at radius 3 is 2.19 bits per heavy atom. The van der Waals surface area contributed by atoms with E-state index in [0.717, 1.165) is 0 Å². The van der Waals surface area contributed by atoms with Crippen LogP contribution < -0.4 is 19.4 Å². The van der Waals surface area contributed by atoms with E-state index in [4.69, 9.17) is 14.2 Å². The first-order valence-electron chi connectivity index (χ1n) is 15.0. The van der Waals surface area contributed by atoms with Gasteiger partial charge in [-0.15, -0.1) is 0 Å². The number of carbonyl (C=O) groups is 1. The molecule has 0 saturated carbocycles. The fourth-order valence-electron chi connectivity index (χ4n) is 5.82. The van der Waals surface area contributed by atoms with Crippen LogP contribution in [0.2, 0.25) is 0 Å². The highest BCUT2D eigenvalue weighted by Crippen LogP contribution is 2.44. The Labute approximate surface area is 267 Å². The Kier molecular flexibility index (Phi) is 9.98. The van der Waals surface area contributed by atoms with E-state index < -0.39 is 48.2 Å². The Morgan fingerprint density at radius 1 is 1.00 bits per heavy atom. The molecule has 2 atom stereocenters. The average molecular weight is 669 g/mol. The highest BCUT2D eigenvalue weighted by Gasteiger charge is 2.42.